The number of aromatic nitrogens is 2. The first kappa shape index (κ1) is 13.1. The molecule has 1 N–H and O–H groups in total. The molecule has 0 aliphatic heterocycles. The molecule has 0 saturated heterocycles. The van der Waals surface area contributed by atoms with E-state index in [1.165, 1.54) is 0 Å². The van der Waals surface area contributed by atoms with Gasteiger partial charge in [0.25, 0.3) is 0 Å². The molecule has 0 spiro atoms. The summed E-state index contributed by atoms with van der Waals surface area (Å²) in [5.41, 5.74) is 2.06. The zero-order valence-electron chi connectivity index (χ0n) is 11.0. The summed E-state index contributed by atoms with van der Waals surface area (Å²) in [6.07, 6.45) is 0.777. The van der Waals surface area contributed by atoms with Crippen LogP contribution in [0.4, 0.5) is 0 Å². The number of carboxylic acids is 1. The largest absolute Gasteiger partial charge is 0.497 e. The predicted molar refractivity (Wildman–Crippen MR) is 70.6 cm³/mol. The number of hydrogen-bond donors (Lipinski definition) is 1. The standard InChI is InChI=1S/C14H16N2O3/c1-10-8-13(14(17)18)15-16(10)7-6-11-4-3-5-12(9-11)19-2/h3-5,8-9H,6-7H2,1-2H3,(H,17,18). The maximum absolute atomic E-state index is 10.8. The lowest BCUT2D eigenvalue weighted by Gasteiger charge is -2.06. The molecule has 0 saturated carbocycles. The van der Waals surface area contributed by atoms with Crippen molar-refractivity contribution in [3.05, 3.63) is 47.3 Å². The van der Waals surface area contributed by atoms with Gasteiger partial charge in [-0.3, -0.25) is 4.68 Å². The molecule has 0 aliphatic carbocycles. The van der Waals surface area contributed by atoms with Crippen molar-refractivity contribution in [1.82, 2.24) is 9.78 Å². The third-order valence-electron chi connectivity index (χ3n) is 2.95. The van der Waals surface area contributed by atoms with Gasteiger partial charge < -0.3 is 9.84 Å². The van der Waals surface area contributed by atoms with Gasteiger partial charge in [-0.1, -0.05) is 12.1 Å². The molecule has 0 aliphatic rings. The minimum Gasteiger partial charge on any atom is -0.497 e. The lowest BCUT2D eigenvalue weighted by molar-refractivity contribution is 0.0689. The molecule has 0 bridgehead atoms. The van der Waals surface area contributed by atoms with Crippen LogP contribution in [0, 0.1) is 6.92 Å². The maximum Gasteiger partial charge on any atom is 0.356 e. The van der Waals surface area contributed by atoms with E-state index in [-0.39, 0.29) is 5.69 Å². The first-order valence-electron chi connectivity index (χ1n) is 6.01. The highest BCUT2D eigenvalue weighted by Gasteiger charge is 2.10. The predicted octanol–water partition coefficient (Wildman–Crippen LogP) is 2.14. The molecule has 19 heavy (non-hydrogen) atoms. The van der Waals surface area contributed by atoms with Crippen molar-refractivity contribution >= 4 is 5.97 Å². The highest BCUT2D eigenvalue weighted by atomic mass is 16.5. The Kier molecular flexibility index (Phi) is 3.85. The topological polar surface area (TPSA) is 64.4 Å². The summed E-state index contributed by atoms with van der Waals surface area (Å²) in [4.78, 5) is 10.8. The summed E-state index contributed by atoms with van der Waals surface area (Å²) >= 11 is 0. The van der Waals surface area contributed by atoms with Crippen molar-refractivity contribution in [2.45, 2.75) is 19.9 Å². The number of aromatic carboxylic acids is 1. The second-order valence-corrected chi connectivity index (χ2v) is 4.30. The number of hydrogen-bond acceptors (Lipinski definition) is 3. The van der Waals surface area contributed by atoms with Gasteiger partial charge >= 0.3 is 5.97 Å². The molecule has 100 valence electrons. The summed E-state index contributed by atoms with van der Waals surface area (Å²) in [5.74, 6) is -0.177. The van der Waals surface area contributed by atoms with Gasteiger partial charge in [0, 0.05) is 12.2 Å². The first-order valence-corrected chi connectivity index (χ1v) is 6.01. The van der Waals surface area contributed by atoms with Crippen LogP contribution in [0.3, 0.4) is 0 Å². The molecule has 0 radical (unpaired) electrons. The number of carbonyl (C=O) groups is 1. The molecule has 5 heteroatoms. The van der Waals surface area contributed by atoms with E-state index in [1.54, 1.807) is 17.9 Å². The van der Waals surface area contributed by atoms with Crippen LogP contribution in [-0.4, -0.2) is 28.0 Å². The number of methoxy groups -OCH3 is 1. The molecule has 5 nitrogen and oxygen atoms in total. The quantitative estimate of drug-likeness (QED) is 0.894. The Bertz CT molecular complexity index is 590. The molecule has 0 unspecified atom stereocenters. The molecule has 0 atom stereocenters. The minimum absolute atomic E-state index is 0.0862. The Hall–Kier alpha value is -2.30. The fraction of sp³-hybridized carbons (Fsp3) is 0.286. The Labute approximate surface area is 111 Å². The van der Waals surface area contributed by atoms with Gasteiger partial charge in [0.2, 0.25) is 0 Å². The Morgan fingerprint density at radius 1 is 1.42 bits per heavy atom. The monoisotopic (exact) mass is 260 g/mol. The van der Waals surface area contributed by atoms with Gasteiger partial charge in [0.1, 0.15) is 5.75 Å². The van der Waals surface area contributed by atoms with E-state index in [2.05, 4.69) is 5.10 Å². The highest BCUT2D eigenvalue weighted by molar-refractivity contribution is 5.85. The van der Waals surface area contributed by atoms with Crippen LogP contribution < -0.4 is 4.74 Å². The lowest BCUT2D eigenvalue weighted by Crippen LogP contribution is -2.07. The van der Waals surface area contributed by atoms with E-state index in [9.17, 15) is 4.79 Å². The summed E-state index contributed by atoms with van der Waals surface area (Å²) in [7, 11) is 1.63. The number of carboxylic acid groups (broad SMARTS) is 1. The van der Waals surface area contributed by atoms with Crippen molar-refractivity contribution in [3.8, 4) is 5.75 Å². The van der Waals surface area contributed by atoms with Crippen molar-refractivity contribution in [2.24, 2.45) is 0 Å². The van der Waals surface area contributed by atoms with Crippen LogP contribution in [-0.2, 0) is 13.0 Å². The highest BCUT2D eigenvalue weighted by Crippen LogP contribution is 2.14. The first-order chi connectivity index (χ1) is 9.10. The van der Waals surface area contributed by atoms with Gasteiger partial charge in [-0.25, -0.2) is 4.79 Å². The molecule has 1 aromatic carbocycles. The number of aryl methyl sites for hydroxylation is 3. The SMILES string of the molecule is COc1cccc(CCn2nc(C(=O)O)cc2C)c1. The Morgan fingerprint density at radius 2 is 2.21 bits per heavy atom. The Balaban J connectivity index is 2.07. The fourth-order valence-corrected chi connectivity index (χ4v) is 1.90. The minimum atomic E-state index is -0.997. The number of rotatable bonds is 5. The van der Waals surface area contributed by atoms with E-state index in [0.717, 1.165) is 23.4 Å². The van der Waals surface area contributed by atoms with Gasteiger partial charge in [0.05, 0.1) is 7.11 Å². The number of nitrogens with zero attached hydrogens (tertiary/aromatic N) is 2. The molecule has 1 heterocycles. The van der Waals surface area contributed by atoms with Crippen LogP contribution in [0.15, 0.2) is 30.3 Å². The van der Waals surface area contributed by atoms with Crippen LogP contribution >= 0.6 is 0 Å². The zero-order valence-corrected chi connectivity index (χ0v) is 11.0. The summed E-state index contributed by atoms with van der Waals surface area (Å²) in [6.45, 7) is 2.50. The van der Waals surface area contributed by atoms with E-state index in [0.29, 0.717) is 6.54 Å². The van der Waals surface area contributed by atoms with Gasteiger partial charge in [-0.05, 0) is 37.1 Å². The second-order valence-electron chi connectivity index (χ2n) is 4.30. The third kappa shape index (κ3) is 3.13. The van der Waals surface area contributed by atoms with E-state index < -0.39 is 5.97 Å². The van der Waals surface area contributed by atoms with E-state index >= 15 is 0 Å². The van der Waals surface area contributed by atoms with Gasteiger partial charge in [-0.15, -0.1) is 0 Å². The zero-order chi connectivity index (χ0) is 13.8. The summed E-state index contributed by atoms with van der Waals surface area (Å²) in [6, 6.07) is 9.39. The normalized spacial score (nSPS) is 10.4. The second kappa shape index (κ2) is 5.56. The van der Waals surface area contributed by atoms with Gasteiger partial charge in [0.15, 0.2) is 5.69 Å². The fourth-order valence-electron chi connectivity index (χ4n) is 1.90. The third-order valence-corrected chi connectivity index (χ3v) is 2.95. The van der Waals surface area contributed by atoms with Crippen molar-refractivity contribution in [3.63, 3.8) is 0 Å². The average Bonchev–Trinajstić information content (AvgIpc) is 2.78. The van der Waals surface area contributed by atoms with E-state index in [1.807, 2.05) is 31.2 Å². The molecule has 1 aromatic heterocycles. The molecule has 0 amide bonds. The van der Waals surface area contributed by atoms with Gasteiger partial charge in [-0.2, -0.15) is 5.10 Å². The summed E-state index contributed by atoms with van der Waals surface area (Å²) in [5, 5.41) is 12.9. The van der Waals surface area contributed by atoms with Crippen LogP contribution in [0.5, 0.6) is 5.75 Å². The summed E-state index contributed by atoms with van der Waals surface area (Å²) < 4.78 is 6.88. The number of benzene rings is 1. The molecule has 2 rings (SSSR count). The Morgan fingerprint density at radius 3 is 2.84 bits per heavy atom. The van der Waals surface area contributed by atoms with Crippen LogP contribution in [0.25, 0.3) is 0 Å². The van der Waals surface area contributed by atoms with Crippen molar-refractivity contribution < 1.29 is 14.6 Å². The molecular weight excluding hydrogens is 244 g/mol. The molecule has 0 fully saturated rings. The molecular formula is C14H16N2O3. The van der Waals surface area contributed by atoms with Crippen LogP contribution in [0.1, 0.15) is 21.7 Å². The maximum atomic E-state index is 10.8. The smallest absolute Gasteiger partial charge is 0.356 e. The van der Waals surface area contributed by atoms with Crippen LogP contribution in [0.2, 0.25) is 0 Å². The van der Waals surface area contributed by atoms with Crippen molar-refractivity contribution in [1.29, 1.82) is 0 Å². The lowest BCUT2D eigenvalue weighted by atomic mass is 10.1. The number of ether oxygens (including phenoxy) is 1. The average molecular weight is 260 g/mol. The van der Waals surface area contributed by atoms with Crippen molar-refractivity contribution in [2.75, 3.05) is 7.11 Å². The van der Waals surface area contributed by atoms with E-state index in [4.69, 9.17) is 9.84 Å². The molecule has 2 aromatic rings.